The van der Waals surface area contributed by atoms with Gasteiger partial charge in [-0.2, -0.15) is 0 Å². The number of amides is 1. The average Bonchev–Trinajstić information content (AvgIpc) is 2.62. The highest BCUT2D eigenvalue weighted by molar-refractivity contribution is 5.85. The van der Waals surface area contributed by atoms with Crippen LogP contribution in [0.15, 0.2) is 48.5 Å². The molecule has 1 aliphatic heterocycles. The fourth-order valence-corrected chi connectivity index (χ4v) is 2.87. The fourth-order valence-electron chi connectivity index (χ4n) is 2.87. The predicted molar refractivity (Wildman–Crippen MR) is 102 cm³/mol. The number of hydrogen-bond donors (Lipinski definition) is 1. The van der Waals surface area contributed by atoms with Gasteiger partial charge in [0.25, 0.3) is 5.91 Å². The lowest BCUT2D eigenvalue weighted by Crippen LogP contribution is -2.49. The van der Waals surface area contributed by atoms with Gasteiger partial charge in [0.1, 0.15) is 11.6 Å². The van der Waals surface area contributed by atoms with Gasteiger partial charge in [0, 0.05) is 38.4 Å². The van der Waals surface area contributed by atoms with Gasteiger partial charge in [-0.25, -0.2) is 4.39 Å². The summed E-state index contributed by atoms with van der Waals surface area (Å²) < 4.78 is 18.3. The van der Waals surface area contributed by atoms with Crippen molar-refractivity contribution in [2.24, 2.45) is 0 Å². The lowest BCUT2D eigenvalue weighted by atomic mass is 10.2. The van der Waals surface area contributed by atoms with Crippen molar-refractivity contribution >= 4 is 24.0 Å². The van der Waals surface area contributed by atoms with E-state index in [4.69, 9.17) is 10.5 Å². The van der Waals surface area contributed by atoms with Crippen LogP contribution in [-0.2, 0) is 11.3 Å². The van der Waals surface area contributed by atoms with Gasteiger partial charge >= 0.3 is 0 Å². The molecular formula is C19H23ClFN3O2. The van der Waals surface area contributed by atoms with Crippen LogP contribution in [0.4, 0.5) is 10.1 Å². The molecule has 0 spiro atoms. The molecule has 0 aromatic heterocycles. The number of carbonyl (C=O) groups excluding carboxylic acids is 1. The quantitative estimate of drug-likeness (QED) is 0.811. The van der Waals surface area contributed by atoms with Gasteiger partial charge in [0.05, 0.1) is 0 Å². The summed E-state index contributed by atoms with van der Waals surface area (Å²) in [6.45, 7) is 3.79. The van der Waals surface area contributed by atoms with Gasteiger partial charge in [-0.15, -0.1) is 12.4 Å². The van der Waals surface area contributed by atoms with Crippen LogP contribution in [0.1, 0.15) is 5.56 Å². The van der Waals surface area contributed by atoms with Gasteiger partial charge in [-0.3, -0.25) is 9.69 Å². The summed E-state index contributed by atoms with van der Waals surface area (Å²) in [5.41, 5.74) is 7.76. The predicted octanol–water partition coefficient (Wildman–Crippen LogP) is 2.55. The molecule has 26 heavy (non-hydrogen) atoms. The second kappa shape index (κ2) is 9.40. The zero-order valence-electron chi connectivity index (χ0n) is 14.4. The zero-order chi connectivity index (χ0) is 17.6. The number of carbonyl (C=O) groups is 1. The molecule has 3 rings (SSSR count). The number of piperazine rings is 1. The molecule has 1 aliphatic rings. The molecule has 2 aromatic rings. The van der Waals surface area contributed by atoms with Crippen molar-refractivity contribution in [1.82, 2.24) is 9.80 Å². The molecule has 0 unspecified atom stereocenters. The monoisotopic (exact) mass is 379 g/mol. The van der Waals surface area contributed by atoms with Crippen molar-refractivity contribution in [2.45, 2.75) is 6.54 Å². The molecule has 5 nitrogen and oxygen atoms in total. The minimum absolute atomic E-state index is 0. The Bertz CT molecular complexity index is 719. The van der Waals surface area contributed by atoms with Crippen LogP contribution < -0.4 is 10.5 Å². The van der Waals surface area contributed by atoms with Gasteiger partial charge in [-0.1, -0.05) is 12.1 Å². The van der Waals surface area contributed by atoms with E-state index in [0.717, 1.165) is 25.3 Å². The highest BCUT2D eigenvalue weighted by atomic mass is 35.5. The van der Waals surface area contributed by atoms with Crippen molar-refractivity contribution in [3.8, 4) is 5.75 Å². The number of halogens is 2. The summed E-state index contributed by atoms with van der Waals surface area (Å²) in [6.07, 6.45) is 0. The number of nitrogens with zero attached hydrogens (tertiary/aromatic N) is 2. The fraction of sp³-hybridized carbons (Fsp3) is 0.316. The van der Waals surface area contributed by atoms with E-state index in [1.807, 2.05) is 18.2 Å². The Morgan fingerprint density at radius 3 is 2.42 bits per heavy atom. The first-order chi connectivity index (χ1) is 12.1. The maximum absolute atomic E-state index is 12.8. The highest BCUT2D eigenvalue weighted by Crippen LogP contribution is 2.13. The van der Waals surface area contributed by atoms with E-state index in [1.54, 1.807) is 4.90 Å². The molecule has 1 saturated heterocycles. The van der Waals surface area contributed by atoms with E-state index >= 15 is 0 Å². The lowest BCUT2D eigenvalue weighted by Gasteiger charge is -2.34. The molecule has 0 saturated carbocycles. The Morgan fingerprint density at radius 1 is 1.08 bits per heavy atom. The average molecular weight is 380 g/mol. The number of nitrogen functional groups attached to an aromatic ring is 1. The van der Waals surface area contributed by atoms with Crippen LogP contribution >= 0.6 is 12.4 Å². The first-order valence-electron chi connectivity index (χ1n) is 8.33. The number of hydrogen-bond acceptors (Lipinski definition) is 4. The molecule has 0 aliphatic carbocycles. The van der Waals surface area contributed by atoms with Crippen molar-refractivity contribution < 1.29 is 13.9 Å². The van der Waals surface area contributed by atoms with E-state index < -0.39 is 0 Å². The third-order valence-electron chi connectivity index (χ3n) is 4.26. The maximum Gasteiger partial charge on any atom is 0.260 e. The standard InChI is InChI=1S/C19H22FN3O2.ClH/c20-16-4-6-18(7-5-16)25-14-19(24)23-10-8-22(9-11-23)13-15-2-1-3-17(21)12-15;/h1-7,12H,8-11,13-14,21H2;1H. The van der Waals surface area contributed by atoms with Gasteiger partial charge < -0.3 is 15.4 Å². The molecule has 140 valence electrons. The normalized spacial score (nSPS) is 14.6. The summed E-state index contributed by atoms with van der Waals surface area (Å²) >= 11 is 0. The molecule has 2 N–H and O–H groups in total. The van der Waals surface area contributed by atoms with Crippen molar-refractivity contribution in [3.63, 3.8) is 0 Å². The van der Waals surface area contributed by atoms with Crippen molar-refractivity contribution in [2.75, 3.05) is 38.5 Å². The molecule has 1 heterocycles. The summed E-state index contributed by atoms with van der Waals surface area (Å²) in [5, 5.41) is 0. The van der Waals surface area contributed by atoms with Crippen LogP contribution in [0.2, 0.25) is 0 Å². The number of rotatable bonds is 5. The Labute approximate surface area is 158 Å². The number of benzene rings is 2. The largest absolute Gasteiger partial charge is 0.484 e. The summed E-state index contributed by atoms with van der Waals surface area (Å²) in [7, 11) is 0. The summed E-state index contributed by atoms with van der Waals surface area (Å²) in [6, 6.07) is 13.5. The topological polar surface area (TPSA) is 58.8 Å². The van der Waals surface area contributed by atoms with E-state index in [-0.39, 0.29) is 30.7 Å². The van der Waals surface area contributed by atoms with E-state index in [9.17, 15) is 9.18 Å². The first kappa shape index (κ1) is 20.0. The second-order valence-electron chi connectivity index (χ2n) is 6.14. The highest BCUT2D eigenvalue weighted by Gasteiger charge is 2.21. The first-order valence-corrected chi connectivity index (χ1v) is 8.33. The van der Waals surface area contributed by atoms with E-state index in [1.165, 1.54) is 29.8 Å². The second-order valence-corrected chi connectivity index (χ2v) is 6.14. The third kappa shape index (κ3) is 5.61. The number of nitrogens with two attached hydrogens (primary N) is 1. The van der Waals surface area contributed by atoms with E-state index in [0.29, 0.717) is 18.8 Å². The SMILES string of the molecule is Cl.Nc1cccc(CN2CCN(C(=O)COc3ccc(F)cc3)CC2)c1. The molecule has 0 radical (unpaired) electrons. The van der Waals surface area contributed by atoms with Crippen LogP contribution in [0.5, 0.6) is 5.75 Å². The van der Waals surface area contributed by atoms with Gasteiger partial charge in [0.2, 0.25) is 0 Å². The van der Waals surface area contributed by atoms with Gasteiger partial charge in [0.15, 0.2) is 6.61 Å². The minimum atomic E-state index is -0.324. The number of ether oxygens (including phenoxy) is 1. The molecule has 2 aromatic carbocycles. The minimum Gasteiger partial charge on any atom is -0.484 e. The lowest BCUT2D eigenvalue weighted by molar-refractivity contribution is -0.135. The van der Waals surface area contributed by atoms with Crippen molar-refractivity contribution in [3.05, 3.63) is 59.9 Å². The Kier molecular flexibility index (Phi) is 7.24. The van der Waals surface area contributed by atoms with Crippen LogP contribution in [-0.4, -0.2) is 48.5 Å². The molecule has 1 amide bonds. The molecule has 0 bridgehead atoms. The molecule has 1 fully saturated rings. The molecule has 7 heteroatoms. The summed E-state index contributed by atoms with van der Waals surface area (Å²) in [4.78, 5) is 16.3. The summed E-state index contributed by atoms with van der Waals surface area (Å²) in [5.74, 6) is 0.123. The smallest absolute Gasteiger partial charge is 0.260 e. The van der Waals surface area contributed by atoms with Crippen molar-refractivity contribution in [1.29, 1.82) is 0 Å². The third-order valence-corrected chi connectivity index (χ3v) is 4.26. The molecular weight excluding hydrogens is 357 g/mol. The van der Waals surface area contributed by atoms with Crippen LogP contribution in [0, 0.1) is 5.82 Å². The van der Waals surface area contributed by atoms with Gasteiger partial charge in [-0.05, 0) is 42.0 Å². The van der Waals surface area contributed by atoms with Crippen LogP contribution in [0.25, 0.3) is 0 Å². The zero-order valence-corrected chi connectivity index (χ0v) is 15.3. The van der Waals surface area contributed by atoms with Crippen LogP contribution in [0.3, 0.4) is 0 Å². The number of anilines is 1. The Hall–Kier alpha value is -2.31. The molecule has 0 atom stereocenters. The maximum atomic E-state index is 12.8. The Balaban J connectivity index is 0.00000243. The Morgan fingerprint density at radius 2 is 1.77 bits per heavy atom. The van der Waals surface area contributed by atoms with E-state index in [2.05, 4.69) is 11.0 Å².